The van der Waals surface area contributed by atoms with Gasteiger partial charge in [-0.15, -0.1) is 0 Å². The molecule has 1 fully saturated rings. The number of aromatic nitrogens is 1. The number of hydrogen-bond donors (Lipinski definition) is 1. The van der Waals surface area contributed by atoms with Gasteiger partial charge in [0.25, 0.3) is 0 Å². The Labute approximate surface area is 101 Å². The van der Waals surface area contributed by atoms with Crippen molar-refractivity contribution in [2.75, 3.05) is 6.54 Å². The predicted molar refractivity (Wildman–Crippen MR) is 66.4 cm³/mol. The summed E-state index contributed by atoms with van der Waals surface area (Å²) in [4.78, 5) is 4.14. The fraction of sp³-hybridized carbons (Fsp3) is 0.462. The number of allylic oxidation sites excluding steroid dienone is 1. The molecule has 2 aliphatic rings. The van der Waals surface area contributed by atoms with Crippen molar-refractivity contribution in [1.29, 1.82) is 0 Å². The molecule has 0 unspecified atom stereocenters. The molecule has 1 aliphatic heterocycles. The summed E-state index contributed by atoms with van der Waals surface area (Å²) in [5, 5.41) is 4.11. The third-order valence-corrected chi connectivity index (χ3v) is 3.89. The van der Waals surface area contributed by atoms with Crippen molar-refractivity contribution in [3.05, 3.63) is 35.1 Å². The molecule has 0 radical (unpaired) electrons. The molecule has 3 rings (SSSR count). The molecule has 2 nitrogen and oxygen atoms in total. The second-order valence-corrected chi connectivity index (χ2v) is 5.02. The van der Waals surface area contributed by atoms with Gasteiger partial charge in [0.05, 0.1) is 0 Å². The molecular weight excluding hydrogens is 220 g/mol. The largest absolute Gasteiger partial charge is 0.310 e. The minimum atomic E-state index is 0.567. The van der Waals surface area contributed by atoms with Gasteiger partial charge < -0.3 is 5.32 Å². The van der Waals surface area contributed by atoms with Crippen LogP contribution in [-0.2, 0) is 0 Å². The van der Waals surface area contributed by atoms with Gasteiger partial charge in [-0.3, -0.25) is 0 Å². The zero-order valence-corrected chi connectivity index (χ0v) is 9.87. The van der Waals surface area contributed by atoms with Crippen LogP contribution in [0.4, 0.5) is 0 Å². The number of hydrogen-bond acceptors (Lipinski definition) is 2. The van der Waals surface area contributed by atoms with Crippen LogP contribution in [0.25, 0.3) is 5.57 Å². The fourth-order valence-corrected chi connectivity index (χ4v) is 2.86. The molecule has 2 heterocycles. The predicted octanol–water partition coefficient (Wildman–Crippen LogP) is 2.89. The second kappa shape index (κ2) is 4.19. The van der Waals surface area contributed by atoms with Gasteiger partial charge in [0.1, 0.15) is 5.15 Å². The lowest BCUT2D eigenvalue weighted by Crippen LogP contribution is -2.27. The lowest BCUT2D eigenvalue weighted by Gasteiger charge is -2.24. The van der Waals surface area contributed by atoms with Crippen LogP contribution in [-0.4, -0.2) is 17.6 Å². The van der Waals surface area contributed by atoms with Crippen LogP contribution in [0.5, 0.6) is 0 Å². The number of fused-ring (bicyclic) bond motifs is 1. The SMILES string of the molecule is Clc1ccc(C2=C[C@@H]3NCC[C@@H]3CC2)cn1. The average Bonchev–Trinajstić information content (AvgIpc) is 2.77. The second-order valence-electron chi connectivity index (χ2n) is 4.63. The fourth-order valence-electron chi connectivity index (χ4n) is 2.75. The van der Waals surface area contributed by atoms with Crippen LogP contribution in [0, 0.1) is 5.92 Å². The van der Waals surface area contributed by atoms with Crippen molar-refractivity contribution >= 4 is 17.2 Å². The Morgan fingerprint density at radius 2 is 2.25 bits per heavy atom. The monoisotopic (exact) mass is 234 g/mol. The van der Waals surface area contributed by atoms with Crippen LogP contribution < -0.4 is 5.32 Å². The van der Waals surface area contributed by atoms with Crippen molar-refractivity contribution in [2.24, 2.45) is 5.92 Å². The maximum Gasteiger partial charge on any atom is 0.129 e. The highest BCUT2D eigenvalue weighted by atomic mass is 35.5. The Kier molecular flexibility index (Phi) is 2.70. The molecule has 0 saturated carbocycles. The van der Waals surface area contributed by atoms with Gasteiger partial charge >= 0.3 is 0 Å². The molecule has 0 amide bonds. The molecular formula is C13H15ClN2. The van der Waals surface area contributed by atoms with Crippen molar-refractivity contribution < 1.29 is 0 Å². The summed E-state index contributed by atoms with van der Waals surface area (Å²) < 4.78 is 0. The van der Waals surface area contributed by atoms with E-state index < -0.39 is 0 Å². The standard InChI is InChI=1S/C13H15ClN2/c14-13-4-3-11(8-16-13)10-2-1-9-5-6-15-12(9)7-10/h3-4,7-9,12,15H,1-2,5-6H2/t9-,12-/m0/s1. The van der Waals surface area contributed by atoms with E-state index >= 15 is 0 Å². The average molecular weight is 235 g/mol. The zero-order valence-electron chi connectivity index (χ0n) is 9.12. The van der Waals surface area contributed by atoms with Gasteiger partial charge in [-0.1, -0.05) is 23.7 Å². The van der Waals surface area contributed by atoms with Crippen LogP contribution in [0.2, 0.25) is 5.15 Å². The first-order valence-corrected chi connectivity index (χ1v) is 6.27. The summed E-state index contributed by atoms with van der Waals surface area (Å²) in [5.74, 6) is 0.851. The number of halogens is 1. The summed E-state index contributed by atoms with van der Waals surface area (Å²) in [7, 11) is 0. The number of nitrogens with one attached hydrogen (secondary N) is 1. The van der Waals surface area contributed by atoms with Gasteiger partial charge in [-0.2, -0.15) is 0 Å². The Morgan fingerprint density at radius 1 is 1.31 bits per heavy atom. The van der Waals surface area contributed by atoms with E-state index in [1.165, 1.54) is 30.4 Å². The van der Waals surface area contributed by atoms with E-state index in [1.807, 2.05) is 12.3 Å². The van der Waals surface area contributed by atoms with E-state index in [1.54, 1.807) is 0 Å². The van der Waals surface area contributed by atoms with E-state index in [0.717, 1.165) is 12.5 Å². The van der Waals surface area contributed by atoms with Gasteiger partial charge in [0.2, 0.25) is 0 Å². The van der Waals surface area contributed by atoms with Gasteiger partial charge in [-0.25, -0.2) is 4.98 Å². The summed E-state index contributed by atoms with van der Waals surface area (Å²) >= 11 is 5.80. The Bertz CT molecular complexity index is 410. The summed E-state index contributed by atoms with van der Waals surface area (Å²) in [6.45, 7) is 1.16. The first-order chi connectivity index (χ1) is 7.83. The highest BCUT2D eigenvalue weighted by Crippen LogP contribution is 2.34. The highest BCUT2D eigenvalue weighted by Gasteiger charge is 2.28. The Morgan fingerprint density at radius 3 is 3.06 bits per heavy atom. The van der Waals surface area contributed by atoms with E-state index in [4.69, 9.17) is 11.6 Å². The van der Waals surface area contributed by atoms with E-state index in [0.29, 0.717) is 11.2 Å². The third kappa shape index (κ3) is 1.87. The molecule has 84 valence electrons. The molecule has 1 aromatic heterocycles. The molecule has 1 N–H and O–H groups in total. The maximum atomic E-state index is 5.80. The van der Waals surface area contributed by atoms with Crippen molar-refractivity contribution in [1.82, 2.24) is 10.3 Å². The van der Waals surface area contributed by atoms with Gasteiger partial charge in [0, 0.05) is 12.2 Å². The molecule has 1 aromatic rings. The Balaban J connectivity index is 1.87. The van der Waals surface area contributed by atoms with Crippen LogP contribution in [0.15, 0.2) is 24.4 Å². The topological polar surface area (TPSA) is 24.9 Å². The number of nitrogens with zero attached hydrogens (tertiary/aromatic N) is 1. The molecule has 0 aromatic carbocycles. The van der Waals surface area contributed by atoms with Crippen molar-refractivity contribution in [3.63, 3.8) is 0 Å². The maximum absolute atomic E-state index is 5.80. The van der Waals surface area contributed by atoms with Gasteiger partial charge in [0.15, 0.2) is 0 Å². The van der Waals surface area contributed by atoms with Crippen molar-refractivity contribution in [3.8, 4) is 0 Å². The lowest BCUT2D eigenvalue weighted by molar-refractivity contribution is 0.465. The molecule has 2 atom stereocenters. The summed E-state index contributed by atoms with van der Waals surface area (Å²) in [6.07, 6.45) is 8.06. The normalized spacial score (nSPS) is 28.7. The molecule has 0 spiro atoms. The minimum Gasteiger partial charge on any atom is -0.310 e. The minimum absolute atomic E-state index is 0.567. The van der Waals surface area contributed by atoms with E-state index in [-0.39, 0.29) is 0 Å². The highest BCUT2D eigenvalue weighted by molar-refractivity contribution is 6.29. The Hall–Kier alpha value is -0.860. The smallest absolute Gasteiger partial charge is 0.129 e. The molecule has 1 aliphatic carbocycles. The summed E-state index contributed by atoms with van der Waals surface area (Å²) in [5.41, 5.74) is 2.64. The number of pyridine rings is 1. The number of rotatable bonds is 1. The van der Waals surface area contributed by atoms with E-state index in [9.17, 15) is 0 Å². The van der Waals surface area contributed by atoms with Crippen LogP contribution in [0.1, 0.15) is 24.8 Å². The quantitative estimate of drug-likeness (QED) is 0.756. The van der Waals surface area contributed by atoms with Crippen LogP contribution >= 0.6 is 11.6 Å². The summed E-state index contributed by atoms with van der Waals surface area (Å²) in [6, 6.07) is 4.52. The molecule has 0 bridgehead atoms. The third-order valence-electron chi connectivity index (χ3n) is 3.67. The van der Waals surface area contributed by atoms with Crippen molar-refractivity contribution in [2.45, 2.75) is 25.3 Å². The zero-order chi connectivity index (χ0) is 11.0. The first kappa shape index (κ1) is 10.3. The molecule has 1 saturated heterocycles. The first-order valence-electron chi connectivity index (χ1n) is 5.89. The lowest BCUT2D eigenvalue weighted by atomic mass is 9.84. The van der Waals surface area contributed by atoms with E-state index in [2.05, 4.69) is 22.4 Å². The van der Waals surface area contributed by atoms with Crippen LogP contribution in [0.3, 0.4) is 0 Å². The molecule has 3 heteroatoms. The molecule has 16 heavy (non-hydrogen) atoms. The van der Waals surface area contributed by atoms with Gasteiger partial charge in [-0.05, 0) is 48.9 Å².